The molecule has 0 aliphatic carbocycles. The molecular weight excluding hydrogens is 260 g/mol. The highest BCUT2D eigenvalue weighted by molar-refractivity contribution is 5.79. The molecule has 0 spiro atoms. The number of hydrogen-bond donors (Lipinski definition) is 1. The van der Waals surface area contributed by atoms with E-state index >= 15 is 0 Å². The van der Waals surface area contributed by atoms with E-state index in [1.54, 1.807) is 0 Å². The minimum atomic E-state index is 0.189. The maximum absolute atomic E-state index is 5.99. The Morgan fingerprint density at radius 3 is 2.81 bits per heavy atom. The van der Waals surface area contributed by atoms with Crippen molar-refractivity contribution in [2.75, 3.05) is 6.54 Å². The summed E-state index contributed by atoms with van der Waals surface area (Å²) in [5, 5.41) is 4.64. The van der Waals surface area contributed by atoms with Gasteiger partial charge in [-0.25, -0.2) is 0 Å². The molecule has 1 aromatic heterocycles. The van der Waals surface area contributed by atoms with Gasteiger partial charge in [0, 0.05) is 23.2 Å². The van der Waals surface area contributed by atoms with Crippen LogP contribution in [-0.4, -0.2) is 23.2 Å². The summed E-state index contributed by atoms with van der Waals surface area (Å²) in [5.41, 5.74) is 1.17. The van der Waals surface area contributed by atoms with Crippen LogP contribution in [0.4, 0.5) is 0 Å². The van der Waals surface area contributed by atoms with Crippen molar-refractivity contribution in [3.8, 4) is 5.75 Å². The molecule has 1 heterocycles. The van der Waals surface area contributed by atoms with E-state index in [0.29, 0.717) is 0 Å². The lowest BCUT2D eigenvalue weighted by Gasteiger charge is -2.21. The predicted octanol–water partition coefficient (Wildman–Crippen LogP) is 4.17. The molecular formula is C18H26N2O. The highest BCUT2D eigenvalue weighted by atomic mass is 16.5. The van der Waals surface area contributed by atoms with Crippen molar-refractivity contribution >= 4 is 10.9 Å². The third kappa shape index (κ3) is 5.35. The molecule has 0 amide bonds. The molecule has 3 heteroatoms. The van der Waals surface area contributed by atoms with E-state index in [4.69, 9.17) is 4.74 Å². The zero-order chi connectivity index (χ0) is 15.3. The van der Waals surface area contributed by atoms with Gasteiger partial charge >= 0.3 is 0 Å². The summed E-state index contributed by atoms with van der Waals surface area (Å²) in [7, 11) is 0. The fraction of sp³-hybridized carbons (Fsp3) is 0.500. The average molecular weight is 286 g/mol. The molecule has 1 unspecified atom stereocenters. The van der Waals surface area contributed by atoms with Gasteiger partial charge in [-0.3, -0.25) is 4.98 Å². The summed E-state index contributed by atoms with van der Waals surface area (Å²) < 4.78 is 5.99. The van der Waals surface area contributed by atoms with Gasteiger partial charge in [-0.2, -0.15) is 0 Å². The van der Waals surface area contributed by atoms with Crippen LogP contribution in [0.3, 0.4) is 0 Å². The molecule has 3 nitrogen and oxygen atoms in total. The van der Waals surface area contributed by atoms with Gasteiger partial charge in [0.25, 0.3) is 0 Å². The molecule has 0 aliphatic heterocycles. The molecule has 0 saturated heterocycles. The van der Waals surface area contributed by atoms with Crippen molar-refractivity contribution in [2.45, 2.75) is 52.2 Å². The van der Waals surface area contributed by atoms with Crippen LogP contribution in [0.2, 0.25) is 0 Å². The molecule has 0 aliphatic rings. The van der Waals surface area contributed by atoms with Crippen LogP contribution in [0.15, 0.2) is 36.5 Å². The van der Waals surface area contributed by atoms with E-state index in [0.717, 1.165) is 36.0 Å². The summed E-state index contributed by atoms with van der Waals surface area (Å²) in [6, 6.07) is 10.1. The van der Waals surface area contributed by atoms with Crippen LogP contribution in [0, 0.1) is 0 Å². The molecule has 0 saturated carbocycles. The number of pyridine rings is 1. The van der Waals surface area contributed by atoms with E-state index in [2.05, 4.69) is 50.1 Å². The van der Waals surface area contributed by atoms with Gasteiger partial charge in [-0.15, -0.1) is 0 Å². The van der Waals surface area contributed by atoms with E-state index in [-0.39, 0.29) is 11.6 Å². The normalized spacial score (nSPS) is 13.3. The Morgan fingerprint density at radius 2 is 2.05 bits per heavy atom. The molecule has 1 aromatic carbocycles. The van der Waals surface area contributed by atoms with Crippen molar-refractivity contribution in [3.05, 3.63) is 36.5 Å². The molecule has 21 heavy (non-hydrogen) atoms. The van der Waals surface area contributed by atoms with Crippen molar-refractivity contribution in [1.82, 2.24) is 10.3 Å². The van der Waals surface area contributed by atoms with Crippen LogP contribution in [0.25, 0.3) is 10.9 Å². The van der Waals surface area contributed by atoms with Crippen LogP contribution in [0.1, 0.15) is 40.5 Å². The van der Waals surface area contributed by atoms with Gasteiger partial charge in [0.05, 0.1) is 11.6 Å². The fourth-order valence-electron chi connectivity index (χ4n) is 2.26. The minimum absolute atomic E-state index is 0.189. The molecule has 114 valence electrons. The summed E-state index contributed by atoms with van der Waals surface area (Å²) in [6.07, 6.45) is 4.19. The first-order chi connectivity index (χ1) is 9.94. The summed E-state index contributed by atoms with van der Waals surface area (Å²) >= 11 is 0. The number of aromatic nitrogens is 1. The number of fused-ring (bicyclic) bond motifs is 1. The molecule has 2 rings (SSSR count). The van der Waals surface area contributed by atoms with Crippen molar-refractivity contribution in [3.63, 3.8) is 0 Å². The molecule has 0 fully saturated rings. The van der Waals surface area contributed by atoms with E-state index in [1.165, 1.54) is 0 Å². The summed E-state index contributed by atoms with van der Waals surface area (Å²) in [5.74, 6) is 0.900. The zero-order valence-corrected chi connectivity index (χ0v) is 13.5. The SMILES string of the molecule is CC(CCCNC(C)(C)C)Oc1ccc2cccnc2c1. The molecule has 0 bridgehead atoms. The lowest BCUT2D eigenvalue weighted by molar-refractivity contribution is 0.206. The Bertz CT molecular complexity index is 575. The first-order valence-corrected chi connectivity index (χ1v) is 7.70. The third-order valence-electron chi connectivity index (χ3n) is 3.36. The van der Waals surface area contributed by atoms with Gasteiger partial charge in [0.15, 0.2) is 0 Å². The fourth-order valence-corrected chi connectivity index (χ4v) is 2.26. The van der Waals surface area contributed by atoms with E-state index in [9.17, 15) is 0 Å². The second kappa shape index (κ2) is 6.90. The third-order valence-corrected chi connectivity index (χ3v) is 3.36. The average Bonchev–Trinajstić information content (AvgIpc) is 2.42. The van der Waals surface area contributed by atoms with Crippen molar-refractivity contribution < 1.29 is 4.74 Å². The van der Waals surface area contributed by atoms with E-state index < -0.39 is 0 Å². The lowest BCUT2D eigenvalue weighted by Crippen LogP contribution is -2.36. The number of nitrogens with one attached hydrogen (secondary N) is 1. The second-order valence-electron chi connectivity index (χ2n) is 6.61. The van der Waals surface area contributed by atoms with E-state index in [1.807, 2.05) is 24.4 Å². The highest BCUT2D eigenvalue weighted by Gasteiger charge is 2.09. The Hall–Kier alpha value is -1.61. The Kier molecular flexibility index (Phi) is 5.18. The quantitative estimate of drug-likeness (QED) is 0.809. The van der Waals surface area contributed by atoms with Gasteiger partial charge in [-0.05, 0) is 65.3 Å². The van der Waals surface area contributed by atoms with Crippen molar-refractivity contribution in [2.24, 2.45) is 0 Å². The maximum Gasteiger partial charge on any atom is 0.121 e. The van der Waals surface area contributed by atoms with Crippen LogP contribution in [-0.2, 0) is 0 Å². The first-order valence-electron chi connectivity index (χ1n) is 7.70. The van der Waals surface area contributed by atoms with Gasteiger partial charge in [-0.1, -0.05) is 6.07 Å². The van der Waals surface area contributed by atoms with Crippen molar-refractivity contribution in [1.29, 1.82) is 0 Å². The van der Waals surface area contributed by atoms with Gasteiger partial charge in [0.2, 0.25) is 0 Å². The van der Waals surface area contributed by atoms with Crippen LogP contribution >= 0.6 is 0 Å². The summed E-state index contributed by atoms with van der Waals surface area (Å²) in [6.45, 7) is 9.72. The molecule has 2 aromatic rings. The minimum Gasteiger partial charge on any atom is -0.491 e. The van der Waals surface area contributed by atoms with Crippen LogP contribution < -0.4 is 10.1 Å². The second-order valence-corrected chi connectivity index (χ2v) is 6.61. The number of benzene rings is 1. The maximum atomic E-state index is 5.99. The molecule has 1 atom stereocenters. The van der Waals surface area contributed by atoms with Crippen LogP contribution in [0.5, 0.6) is 5.75 Å². The number of ether oxygens (including phenoxy) is 1. The molecule has 1 N–H and O–H groups in total. The molecule has 0 radical (unpaired) electrons. The first kappa shape index (κ1) is 15.8. The topological polar surface area (TPSA) is 34.1 Å². The highest BCUT2D eigenvalue weighted by Crippen LogP contribution is 2.20. The Balaban J connectivity index is 1.82. The largest absolute Gasteiger partial charge is 0.491 e. The number of rotatable bonds is 6. The summed E-state index contributed by atoms with van der Waals surface area (Å²) in [4.78, 5) is 4.36. The predicted molar refractivity (Wildman–Crippen MR) is 88.8 cm³/mol. The Morgan fingerprint density at radius 1 is 1.24 bits per heavy atom. The lowest BCUT2D eigenvalue weighted by atomic mass is 10.1. The van der Waals surface area contributed by atoms with Gasteiger partial charge in [0.1, 0.15) is 5.75 Å². The number of nitrogens with zero attached hydrogens (tertiary/aromatic N) is 1. The zero-order valence-electron chi connectivity index (χ0n) is 13.5. The smallest absolute Gasteiger partial charge is 0.121 e. The monoisotopic (exact) mass is 286 g/mol. The number of hydrogen-bond acceptors (Lipinski definition) is 3. The standard InChI is InChI=1S/C18H26N2O/c1-14(7-5-12-20-18(2,3)4)21-16-10-9-15-8-6-11-19-17(15)13-16/h6,8-11,13-14,20H,5,7,12H2,1-4H3. The van der Waals surface area contributed by atoms with Gasteiger partial charge < -0.3 is 10.1 Å². The Labute approximate surface area is 127 Å².